The van der Waals surface area contributed by atoms with Crippen molar-refractivity contribution in [2.24, 2.45) is 12.8 Å². The maximum atomic E-state index is 13.8. The van der Waals surface area contributed by atoms with E-state index in [0.29, 0.717) is 16.9 Å². The maximum absolute atomic E-state index is 13.8. The van der Waals surface area contributed by atoms with Crippen LogP contribution in [0.15, 0.2) is 47.1 Å². The molecular weight excluding hydrogens is 419 g/mol. The Morgan fingerprint density at radius 1 is 1.42 bits per heavy atom. The van der Waals surface area contributed by atoms with Crippen LogP contribution in [0, 0.1) is 5.82 Å². The van der Waals surface area contributed by atoms with Crippen LogP contribution in [0.3, 0.4) is 0 Å². The van der Waals surface area contributed by atoms with Gasteiger partial charge in [0.05, 0.1) is 15.4 Å². The number of rotatable bonds is 6. The van der Waals surface area contributed by atoms with Gasteiger partial charge in [-0.3, -0.25) is 9.48 Å². The summed E-state index contributed by atoms with van der Waals surface area (Å²) in [6.07, 6.45) is 2.05. The van der Waals surface area contributed by atoms with Crippen LogP contribution in [0.2, 0.25) is 0 Å². The summed E-state index contributed by atoms with van der Waals surface area (Å²) in [5.41, 5.74) is 7.23. The number of hydrogen-bond acceptors (Lipinski definition) is 4. The van der Waals surface area contributed by atoms with E-state index in [9.17, 15) is 9.18 Å². The molecule has 2 aromatic heterocycles. The Kier molecular flexibility index (Phi) is 5.85. The molecule has 0 fully saturated rings. The minimum absolute atomic E-state index is 0.223. The molecule has 136 valence electrons. The molecule has 0 aliphatic heterocycles. The number of nitrogens with zero attached hydrogens (tertiary/aromatic N) is 2. The average molecular weight is 437 g/mol. The number of carbonyl (C=O) groups excluding carboxylic acids is 1. The van der Waals surface area contributed by atoms with Gasteiger partial charge in [-0.1, -0.05) is 18.2 Å². The molecule has 3 rings (SSSR count). The predicted octanol–water partition coefficient (Wildman–Crippen LogP) is 3.35. The first-order valence-electron chi connectivity index (χ1n) is 8.01. The van der Waals surface area contributed by atoms with E-state index in [-0.39, 0.29) is 24.3 Å². The fourth-order valence-corrected chi connectivity index (χ4v) is 4.47. The third kappa shape index (κ3) is 4.03. The van der Waals surface area contributed by atoms with Gasteiger partial charge < -0.3 is 11.1 Å². The van der Waals surface area contributed by atoms with E-state index in [4.69, 9.17) is 5.73 Å². The number of nitrogens with one attached hydrogen (secondary N) is 1. The number of amides is 1. The van der Waals surface area contributed by atoms with Crippen molar-refractivity contribution in [2.75, 3.05) is 6.54 Å². The highest BCUT2D eigenvalue weighted by Gasteiger charge is 2.19. The van der Waals surface area contributed by atoms with Gasteiger partial charge >= 0.3 is 0 Å². The molecule has 2 heterocycles. The Balaban J connectivity index is 1.75. The highest BCUT2D eigenvalue weighted by atomic mass is 79.9. The van der Waals surface area contributed by atoms with Crippen LogP contribution in [0.1, 0.15) is 15.2 Å². The third-order valence-electron chi connectivity index (χ3n) is 4.01. The van der Waals surface area contributed by atoms with Gasteiger partial charge in [-0.05, 0) is 46.1 Å². The van der Waals surface area contributed by atoms with Crippen molar-refractivity contribution in [2.45, 2.75) is 12.5 Å². The van der Waals surface area contributed by atoms with Crippen molar-refractivity contribution < 1.29 is 9.18 Å². The number of nitrogens with two attached hydrogens (primary N) is 1. The van der Waals surface area contributed by atoms with Crippen LogP contribution in [-0.4, -0.2) is 28.3 Å². The lowest BCUT2D eigenvalue weighted by atomic mass is 10.1. The number of halogens is 2. The zero-order valence-corrected chi connectivity index (χ0v) is 16.5. The van der Waals surface area contributed by atoms with Crippen molar-refractivity contribution >= 4 is 33.2 Å². The topological polar surface area (TPSA) is 72.9 Å². The number of thiophene rings is 1. The fraction of sp³-hybridized carbons (Fsp3) is 0.222. The van der Waals surface area contributed by atoms with E-state index in [2.05, 4.69) is 26.3 Å². The zero-order valence-electron chi connectivity index (χ0n) is 14.1. The third-order valence-corrected chi connectivity index (χ3v) is 6.05. The minimum atomic E-state index is -0.347. The largest absolute Gasteiger partial charge is 0.347 e. The van der Waals surface area contributed by atoms with E-state index in [1.165, 1.54) is 17.4 Å². The van der Waals surface area contributed by atoms with E-state index in [1.54, 1.807) is 35.1 Å². The van der Waals surface area contributed by atoms with Crippen molar-refractivity contribution in [1.29, 1.82) is 0 Å². The monoisotopic (exact) mass is 436 g/mol. The molecule has 3 aromatic rings. The second-order valence-corrected chi connectivity index (χ2v) is 7.74. The van der Waals surface area contributed by atoms with Gasteiger partial charge in [0.15, 0.2) is 0 Å². The van der Waals surface area contributed by atoms with Crippen LogP contribution >= 0.6 is 27.3 Å². The molecular formula is C18H18BrFN4OS. The van der Waals surface area contributed by atoms with Gasteiger partial charge in [0.2, 0.25) is 0 Å². The van der Waals surface area contributed by atoms with Crippen molar-refractivity contribution in [3.8, 4) is 10.6 Å². The number of aryl methyl sites for hydroxylation is 1. The molecule has 8 heteroatoms. The molecule has 0 saturated heterocycles. The molecule has 0 saturated carbocycles. The van der Waals surface area contributed by atoms with Crippen LogP contribution < -0.4 is 11.1 Å². The summed E-state index contributed by atoms with van der Waals surface area (Å²) in [7, 11) is 1.85. The predicted molar refractivity (Wildman–Crippen MR) is 105 cm³/mol. The van der Waals surface area contributed by atoms with Crippen LogP contribution in [0.4, 0.5) is 4.39 Å². The Morgan fingerprint density at radius 3 is 2.85 bits per heavy atom. The molecule has 0 spiro atoms. The smallest absolute Gasteiger partial charge is 0.261 e. The van der Waals surface area contributed by atoms with E-state index in [1.807, 2.05) is 13.1 Å². The number of carbonyl (C=O) groups is 1. The maximum Gasteiger partial charge on any atom is 0.261 e. The van der Waals surface area contributed by atoms with Crippen molar-refractivity contribution in [3.05, 3.63) is 63.3 Å². The Bertz CT molecular complexity index is 924. The molecule has 0 radical (unpaired) electrons. The van der Waals surface area contributed by atoms with Gasteiger partial charge in [0.25, 0.3) is 5.91 Å². The summed E-state index contributed by atoms with van der Waals surface area (Å²) in [6.45, 7) is 0.223. The summed E-state index contributed by atoms with van der Waals surface area (Å²) in [6, 6.07) is 9.83. The number of hydrogen-bond donors (Lipinski definition) is 2. The lowest BCUT2D eigenvalue weighted by Crippen LogP contribution is -2.41. The standard InChI is InChI=1S/C18H18BrFN4OS/c1-24-15(6-7-22-24)17-13(19)9-16(26-17)18(25)23-12(10-21)8-11-4-2-3-5-14(11)20/h2-7,9,12H,8,10,21H2,1H3,(H,23,25)/t12-/m0/s1. The molecule has 1 atom stereocenters. The molecule has 0 aliphatic carbocycles. The summed E-state index contributed by atoms with van der Waals surface area (Å²) in [5.74, 6) is -0.520. The highest BCUT2D eigenvalue weighted by molar-refractivity contribution is 9.10. The molecule has 0 unspecified atom stereocenters. The summed E-state index contributed by atoms with van der Waals surface area (Å²) < 4.78 is 16.4. The first kappa shape index (κ1) is 18.8. The van der Waals surface area contributed by atoms with Gasteiger partial charge in [0.1, 0.15) is 5.82 Å². The lowest BCUT2D eigenvalue weighted by molar-refractivity contribution is 0.0942. The van der Waals surface area contributed by atoms with Gasteiger partial charge in [-0.15, -0.1) is 11.3 Å². The molecule has 0 aliphatic rings. The van der Waals surface area contributed by atoms with E-state index >= 15 is 0 Å². The molecule has 26 heavy (non-hydrogen) atoms. The van der Waals surface area contributed by atoms with Gasteiger partial charge in [-0.25, -0.2) is 4.39 Å². The molecule has 1 amide bonds. The van der Waals surface area contributed by atoms with Crippen LogP contribution in [0.5, 0.6) is 0 Å². The first-order valence-corrected chi connectivity index (χ1v) is 9.62. The average Bonchev–Trinajstić information content (AvgIpc) is 3.21. The highest BCUT2D eigenvalue weighted by Crippen LogP contribution is 2.36. The second kappa shape index (κ2) is 8.11. The van der Waals surface area contributed by atoms with E-state index in [0.717, 1.165) is 15.0 Å². The van der Waals surface area contributed by atoms with Crippen LogP contribution in [0.25, 0.3) is 10.6 Å². The Morgan fingerprint density at radius 2 is 2.19 bits per heavy atom. The van der Waals surface area contributed by atoms with Gasteiger partial charge in [0, 0.05) is 30.3 Å². The molecule has 5 nitrogen and oxygen atoms in total. The number of aromatic nitrogens is 2. The summed E-state index contributed by atoms with van der Waals surface area (Å²) in [4.78, 5) is 14.1. The minimum Gasteiger partial charge on any atom is -0.347 e. The lowest BCUT2D eigenvalue weighted by Gasteiger charge is -2.16. The Hall–Kier alpha value is -2.03. The van der Waals surface area contributed by atoms with Crippen LogP contribution in [-0.2, 0) is 13.5 Å². The summed E-state index contributed by atoms with van der Waals surface area (Å²) >= 11 is 4.87. The molecule has 3 N–H and O–H groups in total. The quantitative estimate of drug-likeness (QED) is 0.622. The first-order chi connectivity index (χ1) is 12.5. The SMILES string of the molecule is Cn1nccc1-c1sc(C(=O)N[C@H](CN)Cc2ccccc2F)cc1Br. The molecule has 1 aromatic carbocycles. The van der Waals surface area contributed by atoms with Gasteiger partial charge in [-0.2, -0.15) is 5.10 Å². The zero-order chi connectivity index (χ0) is 18.7. The molecule has 0 bridgehead atoms. The second-order valence-electron chi connectivity index (χ2n) is 5.83. The Labute approximate surface area is 163 Å². The van der Waals surface area contributed by atoms with Crippen molar-refractivity contribution in [3.63, 3.8) is 0 Å². The van der Waals surface area contributed by atoms with E-state index < -0.39 is 0 Å². The normalized spacial score (nSPS) is 12.2. The summed E-state index contributed by atoms with van der Waals surface area (Å²) in [5, 5.41) is 7.05. The fourth-order valence-electron chi connectivity index (χ4n) is 2.63. The number of benzene rings is 1. The van der Waals surface area contributed by atoms with Crippen molar-refractivity contribution in [1.82, 2.24) is 15.1 Å².